The van der Waals surface area contributed by atoms with Crippen molar-refractivity contribution in [2.75, 3.05) is 24.0 Å². The summed E-state index contributed by atoms with van der Waals surface area (Å²) in [6, 6.07) is 8.43. The summed E-state index contributed by atoms with van der Waals surface area (Å²) in [7, 11) is 0. The van der Waals surface area contributed by atoms with Crippen LogP contribution in [0, 0.1) is 17.7 Å². The molecule has 164 valence electrons. The van der Waals surface area contributed by atoms with Gasteiger partial charge >= 0.3 is 6.03 Å². The van der Waals surface area contributed by atoms with Crippen LogP contribution in [0.4, 0.5) is 20.6 Å². The summed E-state index contributed by atoms with van der Waals surface area (Å²) >= 11 is 0. The van der Waals surface area contributed by atoms with Gasteiger partial charge in [0.15, 0.2) is 11.5 Å². The van der Waals surface area contributed by atoms with Gasteiger partial charge in [-0.3, -0.25) is 4.79 Å². The first kappa shape index (κ1) is 21.0. The van der Waals surface area contributed by atoms with Crippen LogP contribution in [0.5, 0.6) is 11.5 Å². The quantitative estimate of drug-likeness (QED) is 0.642. The van der Waals surface area contributed by atoms with Crippen LogP contribution in [0.15, 0.2) is 36.4 Å². The Morgan fingerprint density at radius 2 is 1.90 bits per heavy atom. The minimum Gasteiger partial charge on any atom is -0.454 e. The molecule has 31 heavy (non-hydrogen) atoms. The summed E-state index contributed by atoms with van der Waals surface area (Å²) in [5.41, 5.74) is 0.737. The number of fused-ring (bicyclic) bond motifs is 1. The van der Waals surface area contributed by atoms with Gasteiger partial charge in [-0.1, -0.05) is 19.8 Å². The smallest absolute Gasteiger partial charge is 0.319 e. The average Bonchev–Trinajstić information content (AvgIpc) is 3.22. The minimum absolute atomic E-state index is 0.00185. The fourth-order valence-electron chi connectivity index (χ4n) is 4.09. The molecule has 2 aromatic carbocycles. The lowest BCUT2D eigenvalue weighted by molar-refractivity contribution is 0.102. The maximum absolute atomic E-state index is 14.2. The van der Waals surface area contributed by atoms with Crippen molar-refractivity contribution in [2.45, 2.75) is 32.6 Å². The summed E-state index contributed by atoms with van der Waals surface area (Å²) in [5, 5.41) is 8.07. The summed E-state index contributed by atoms with van der Waals surface area (Å²) in [4.78, 5) is 24.8. The molecule has 1 heterocycles. The molecule has 7 nitrogen and oxygen atoms in total. The van der Waals surface area contributed by atoms with Crippen LogP contribution in [-0.2, 0) is 0 Å². The number of ether oxygens (including phenoxy) is 2. The zero-order chi connectivity index (χ0) is 21.8. The van der Waals surface area contributed by atoms with Crippen LogP contribution < -0.4 is 25.4 Å². The van der Waals surface area contributed by atoms with Crippen molar-refractivity contribution in [3.05, 3.63) is 47.8 Å². The second kappa shape index (κ2) is 9.24. The van der Waals surface area contributed by atoms with Crippen LogP contribution in [0.3, 0.4) is 0 Å². The number of anilines is 2. The van der Waals surface area contributed by atoms with Crippen LogP contribution in [0.25, 0.3) is 0 Å². The van der Waals surface area contributed by atoms with Gasteiger partial charge < -0.3 is 25.4 Å². The van der Waals surface area contributed by atoms with Crippen molar-refractivity contribution in [2.24, 2.45) is 11.8 Å². The van der Waals surface area contributed by atoms with Crippen molar-refractivity contribution in [1.29, 1.82) is 0 Å². The molecule has 2 aromatic rings. The molecule has 3 amide bonds. The third kappa shape index (κ3) is 5.25. The number of benzene rings is 2. The SMILES string of the molecule is CC1CCCC(CNC(=O)Nc2cc(NC(=O)c3ccc4c(c3)OCO4)ccc2F)C1. The van der Waals surface area contributed by atoms with E-state index in [9.17, 15) is 14.0 Å². The molecule has 0 bridgehead atoms. The molecule has 3 N–H and O–H groups in total. The maximum atomic E-state index is 14.2. The van der Waals surface area contributed by atoms with Gasteiger partial charge in [0.2, 0.25) is 6.79 Å². The van der Waals surface area contributed by atoms with Gasteiger partial charge in [-0.05, 0) is 61.1 Å². The summed E-state index contributed by atoms with van der Waals surface area (Å²) in [6.45, 7) is 2.92. The standard InChI is InChI=1S/C23H26FN3O4/c1-14-3-2-4-15(9-14)12-25-23(29)27-19-11-17(6-7-18(19)24)26-22(28)16-5-8-20-21(10-16)31-13-30-20/h5-8,10-11,14-15H,2-4,9,12-13H2,1H3,(H,26,28)(H2,25,27,29). The monoisotopic (exact) mass is 427 g/mol. The fourth-order valence-corrected chi connectivity index (χ4v) is 4.09. The van der Waals surface area contributed by atoms with Gasteiger partial charge in [-0.25, -0.2) is 9.18 Å². The van der Waals surface area contributed by atoms with Crippen molar-refractivity contribution in [1.82, 2.24) is 5.32 Å². The predicted octanol–water partition coefficient (Wildman–Crippen LogP) is 4.75. The topological polar surface area (TPSA) is 88.7 Å². The Hall–Kier alpha value is -3.29. The number of carbonyl (C=O) groups excluding carboxylic acids is 2. The molecule has 2 aliphatic rings. The lowest BCUT2D eigenvalue weighted by Crippen LogP contribution is -2.34. The molecule has 2 unspecified atom stereocenters. The largest absolute Gasteiger partial charge is 0.454 e. The molecule has 1 fully saturated rings. The second-order valence-electron chi connectivity index (χ2n) is 8.19. The second-order valence-corrected chi connectivity index (χ2v) is 8.19. The molecule has 4 rings (SSSR count). The lowest BCUT2D eigenvalue weighted by atomic mass is 9.82. The molecule has 8 heteroatoms. The summed E-state index contributed by atoms with van der Waals surface area (Å²) in [5.74, 6) is 1.24. The van der Waals surface area contributed by atoms with E-state index in [0.717, 1.165) is 12.8 Å². The molecular weight excluding hydrogens is 401 g/mol. The predicted molar refractivity (Wildman–Crippen MR) is 115 cm³/mol. The Bertz CT molecular complexity index is 981. The van der Waals surface area contributed by atoms with Gasteiger partial charge in [-0.2, -0.15) is 0 Å². The van der Waals surface area contributed by atoms with E-state index in [0.29, 0.717) is 41.1 Å². The van der Waals surface area contributed by atoms with E-state index in [1.807, 2.05) is 0 Å². The Morgan fingerprint density at radius 1 is 1.06 bits per heavy atom. The van der Waals surface area contributed by atoms with E-state index in [-0.39, 0.29) is 18.4 Å². The van der Waals surface area contributed by atoms with Gasteiger partial charge in [0.05, 0.1) is 5.69 Å². The molecule has 0 saturated heterocycles. The zero-order valence-corrected chi connectivity index (χ0v) is 17.4. The lowest BCUT2D eigenvalue weighted by Gasteiger charge is -2.26. The molecular formula is C23H26FN3O4. The van der Waals surface area contributed by atoms with E-state index >= 15 is 0 Å². The first-order valence-electron chi connectivity index (χ1n) is 10.5. The van der Waals surface area contributed by atoms with Crippen LogP contribution in [0.2, 0.25) is 0 Å². The maximum Gasteiger partial charge on any atom is 0.319 e. The first-order chi connectivity index (χ1) is 15.0. The molecule has 0 radical (unpaired) electrons. The normalized spacial score (nSPS) is 19.5. The van der Waals surface area contributed by atoms with Gasteiger partial charge in [0.1, 0.15) is 5.82 Å². The first-order valence-corrected chi connectivity index (χ1v) is 10.5. The number of rotatable bonds is 5. The van der Waals surface area contributed by atoms with Gasteiger partial charge in [-0.15, -0.1) is 0 Å². The van der Waals surface area contributed by atoms with E-state index < -0.39 is 11.8 Å². The summed E-state index contributed by atoms with van der Waals surface area (Å²) in [6.07, 6.45) is 4.60. The number of amides is 3. The number of hydrogen-bond donors (Lipinski definition) is 3. The Balaban J connectivity index is 1.35. The van der Waals surface area contributed by atoms with Crippen LogP contribution >= 0.6 is 0 Å². The molecule has 1 aliphatic carbocycles. The highest BCUT2D eigenvalue weighted by molar-refractivity contribution is 6.05. The summed E-state index contributed by atoms with van der Waals surface area (Å²) < 4.78 is 24.7. The van der Waals surface area contributed by atoms with E-state index in [1.54, 1.807) is 18.2 Å². The highest BCUT2D eigenvalue weighted by Crippen LogP contribution is 2.33. The van der Waals surface area contributed by atoms with Crippen LogP contribution in [-0.4, -0.2) is 25.3 Å². The van der Waals surface area contributed by atoms with E-state index in [2.05, 4.69) is 22.9 Å². The van der Waals surface area contributed by atoms with Gasteiger partial charge in [0.25, 0.3) is 5.91 Å². The van der Waals surface area contributed by atoms with Crippen molar-refractivity contribution < 1.29 is 23.5 Å². The van der Waals surface area contributed by atoms with Gasteiger partial charge in [0, 0.05) is 17.8 Å². The molecule has 1 saturated carbocycles. The zero-order valence-electron chi connectivity index (χ0n) is 17.4. The Kier molecular flexibility index (Phi) is 6.25. The van der Waals surface area contributed by atoms with Crippen molar-refractivity contribution in [3.8, 4) is 11.5 Å². The highest BCUT2D eigenvalue weighted by atomic mass is 19.1. The third-order valence-corrected chi connectivity index (χ3v) is 5.70. The molecule has 2 atom stereocenters. The Labute approximate surface area is 180 Å². The van der Waals surface area contributed by atoms with Crippen molar-refractivity contribution in [3.63, 3.8) is 0 Å². The highest BCUT2D eigenvalue weighted by Gasteiger charge is 2.20. The molecule has 1 aliphatic heterocycles. The Morgan fingerprint density at radius 3 is 2.74 bits per heavy atom. The average molecular weight is 427 g/mol. The van der Waals surface area contributed by atoms with Crippen LogP contribution in [0.1, 0.15) is 43.0 Å². The fraction of sp³-hybridized carbons (Fsp3) is 0.391. The third-order valence-electron chi connectivity index (χ3n) is 5.70. The number of halogens is 1. The molecule has 0 aromatic heterocycles. The number of urea groups is 1. The number of hydrogen-bond acceptors (Lipinski definition) is 4. The van der Waals surface area contributed by atoms with Crippen molar-refractivity contribution >= 4 is 23.3 Å². The number of nitrogens with one attached hydrogen (secondary N) is 3. The van der Waals surface area contributed by atoms with E-state index in [4.69, 9.17) is 9.47 Å². The molecule has 0 spiro atoms. The number of carbonyl (C=O) groups is 2. The van der Waals surface area contributed by atoms with E-state index in [1.165, 1.54) is 31.0 Å². The minimum atomic E-state index is -0.581.